The normalized spacial score (nSPS) is 27.8. The largest absolute Gasteiger partial charge is 0.466 e. The third-order valence-electron chi connectivity index (χ3n) is 3.39. The van der Waals surface area contributed by atoms with E-state index in [9.17, 15) is 27.9 Å². The Morgan fingerprint density at radius 2 is 2.22 bits per heavy atom. The molecule has 0 spiro atoms. The fourth-order valence-corrected chi connectivity index (χ4v) is 2.37. The molecule has 3 N–H and O–H groups in total. The van der Waals surface area contributed by atoms with E-state index in [2.05, 4.69) is 15.0 Å². The molecular weight excluding hydrogens is 319 g/mol. The number of aromatic nitrogens is 1. The van der Waals surface area contributed by atoms with Gasteiger partial charge in [-0.15, -0.1) is 0 Å². The SMILES string of the molecule is CCOC(=O)[C@H]1[C@H](c2cccnc2)NC(=O)N[C@@]1(O)C(F)(F)F. The summed E-state index contributed by atoms with van der Waals surface area (Å²) in [6.07, 6.45) is -2.72. The van der Waals surface area contributed by atoms with Gasteiger partial charge in [0.1, 0.15) is 5.92 Å². The Labute approximate surface area is 128 Å². The number of hydrogen-bond acceptors (Lipinski definition) is 5. The fourth-order valence-electron chi connectivity index (χ4n) is 2.37. The van der Waals surface area contributed by atoms with Crippen molar-refractivity contribution in [3.05, 3.63) is 30.1 Å². The summed E-state index contributed by atoms with van der Waals surface area (Å²) in [5.74, 6) is -3.43. The first-order chi connectivity index (χ1) is 10.7. The van der Waals surface area contributed by atoms with E-state index in [0.717, 1.165) is 0 Å². The van der Waals surface area contributed by atoms with Crippen LogP contribution in [0.5, 0.6) is 0 Å². The zero-order chi connectivity index (χ0) is 17.3. The van der Waals surface area contributed by atoms with Crippen LogP contribution in [0.2, 0.25) is 0 Å². The van der Waals surface area contributed by atoms with Crippen molar-refractivity contribution in [2.24, 2.45) is 5.92 Å². The Hall–Kier alpha value is -2.36. The second kappa shape index (κ2) is 6.03. The van der Waals surface area contributed by atoms with Gasteiger partial charge in [0.25, 0.3) is 5.72 Å². The number of urea groups is 1. The number of aliphatic hydroxyl groups is 1. The summed E-state index contributed by atoms with van der Waals surface area (Å²) < 4.78 is 44.6. The summed E-state index contributed by atoms with van der Waals surface area (Å²) in [5, 5.41) is 13.6. The van der Waals surface area contributed by atoms with E-state index in [0.29, 0.717) is 0 Å². The van der Waals surface area contributed by atoms with E-state index in [1.165, 1.54) is 36.8 Å². The van der Waals surface area contributed by atoms with Crippen LogP contribution >= 0.6 is 0 Å². The average molecular weight is 333 g/mol. The smallest absolute Gasteiger partial charge is 0.437 e. The molecule has 1 aliphatic heterocycles. The zero-order valence-corrected chi connectivity index (χ0v) is 11.9. The molecule has 23 heavy (non-hydrogen) atoms. The van der Waals surface area contributed by atoms with Gasteiger partial charge in [0.05, 0.1) is 12.6 Å². The molecular formula is C13H14F3N3O4. The van der Waals surface area contributed by atoms with Crippen LogP contribution in [0.1, 0.15) is 18.5 Å². The predicted molar refractivity (Wildman–Crippen MR) is 69.8 cm³/mol. The van der Waals surface area contributed by atoms with E-state index in [1.54, 1.807) is 0 Å². The van der Waals surface area contributed by atoms with E-state index < -0.39 is 35.9 Å². The molecule has 2 heterocycles. The van der Waals surface area contributed by atoms with Gasteiger partial charge < -0.3 is 20.5 Å². The summed E-state index contributed by atoms with van der Waals surface area (Å²) in [4.78, 5) is 27.4. The van der Waals surface area contributed by atoms with Crippen LogP contribution in [0.25, 0.3) is 0 Å². The Bertz CT molecular complexity index is 596. The number of hydrogen-bond donors (Lipinski definition) is 3. The van der Waals surface area contributed by atoms with Crippen LogP contribution in [0.15, 0.2) is 24.5 Å². The van der Waals surface area contributed by atoms with Crippen molar-refractivity contribution < 1.29 is 32.6 Å². The highest BCUT2D eigenvalue weighted by molar-refractivity contribution is 5.83. The van der Waals surface area contributed by atoms with Crippen molar-refractivity contribution in [3.63, 3.8) is 0 Å². The molecule has 0 aliphatic carbocycles. The number of pyridine rings is 1. The fraction of sp³-hybridized carbons (Fsp3) is 0.462. The molecule has 1 aromatic rings. The van der Waals surface area contributed by atoms with Crippen LogP contribution < -0.4 is 10.6 Å². The van der Waals surface area contributed by atoms with Crippen molar-refractivity contribution in [1.29, 1.82) is 0 Å². The minimum absolute atomic E-state index is 0.128. The Morgan fingerprint density at radius 3 is 2.74 bits per heavy atom. The first-order valence-corrected chi connectivity index (χ1v) is 6.65. The summed E-state index contributed by atoms with van der Waals surface area (Å²) >= 11 is 0. The van der Waals surface area contributed by atoms with Gasteiger partial charge in [0.15, 0.2) is 0 Å². The number of esters is 1. The van der Waals surface area contributed by atoms with Crippen molar-refractivity contribution in [1.82, 2.24) is 15.6 Å². The molecule has 10 heteroatoms. The third-order valence-corrected chi connectivity index (χ3v) is 3.39. The first kappa shape index (κ1) is 17.0. The molecule has 126 valence electrons. The lowest BCUT2D eigenvalue weighted by atomic mass is 9.82. The summed E-state index contributed by atoms with van der Waals surface area (Å²) in [6.45, 7) is 1.23. The molecule has 0 bridgehead atoms. The molecule has 1 saturated heterocycles. The van der Waals surface area contributed by atoms with Crippen LogP contribution in [0.4, 0.5) is 18.0 Å². The maximum absolute atomic E-state index is 13.3. The van der Waals surface area contributed by atoms with Crippen molar-refractivity contribution in [2.45, 2.75) is 24.9 Å². The van der Waals surface area contributed by atoms with Crippen LogP contribution in [-0.4, -0.2) is 40.6 Å². The van der Waals surface area contributed by atoms with Gasteiger partial charge in [0.2, 0.25) is 0 Å². The average Bonchev–Trinajstić information content (AvgIpc) is 2.46. The molecule has 0 aromatic carbocycles. The summed E-state index contributed by atoms with van der Waals surface area (Å²) in [7, 11) is 0. The number of carbonyl (C=O) groups is 2. The molecule has 1 aliphatic rings. The number of amides is 2. The highest BCUT2D eigenvalue weighted by Crippen LogP contribution is 2.42. The van der Waals surface area contributed by atoms with Gasteiger partial charge in [-0.05, 0) is 18.6 Å². The summed E-state index contributed by atoms with van der Waals surface area (Å²) in [5.41, 5.74) is -3.63. The first-order valence-electron chi connectivity index (χ1n) is 6.65. The lowest BCUT2D eigenvalue weighted by Crippen LogP contribution is -2.73. The quantitative estimate of drug-likeness (QED) is 0.713. The molecule has 1 aromatic heterocycles. The van der Waals surface area contributed by atoms with E-state index >= 15 is 0 Å². The van der Waals surface area contributed by atoms with Gasteiger partial charge in [0, 0.05) is 12.4 Å². The topological polar surface area (TPSA) is 101 Å². The minimum Gasteiger partial charge on any atom is -0.466 e. The molecule has 2 rings (SSSR count). The summed E-state index contributed by atoms with van der Waals surface area (Å²) in [6, 6.07) is 0.0901. The minimum atomic E-state index is -5.29. The highest BCUT2D eigenvalue weighted by Gasteiger charge is 2.67. The van der Waals surface area contributed by atoms with Gasteiger partial charge in [-0.3, -0.25) is 9.78 Å². The Morgan fingerprint density at radius 1 is 1.52 bits per heavy atom. The maximum atomic E-state index is 13.3. The standard InChI is InChI=1S/C13H14F3N3O4/c1-2-23-10(20)8-9(7-4-3-5-17-6-7)18-11(21)19-12(8,22)13(14,15)16/h3-6,8-9,22H,2H2,1H3,(H2,18,19,21)/t8-,9+,12+/m1/s1. The van der Waals surface area contributed by atoms with Gasteiger partial charge in [-0.2, -0.15) is 13.2 Å². The number of nitrogens with one attached hydrogen (secondary N) is 2. The van der Waals surface area contributed by atoms with E-state index in [4.69, 9.17) is 0 Å². The van der Waals surface area contributed by atoms with Gasteiger partial charge in [-0.25, -0.2) is 4.79 Å². The molecule has 1 fully saturated rings. The van der Waals surface area contributed by atoms with Crippen LogP contribution in [0, 0.1) is 5.92 Å². The Balaban J connectivity index is 2.54. The van der Waals surface area contributed by atoms with Crippen molar-refractivity contribution in [2.75, 3.05) is 6.61 Å². The second-order valence-electron chi connectivity index (χ2n) is 4.86. The maximum Gasteiger partial charge on any atom is 0.437 e. The molecule has 0 radical (unpaired) electrons. The third kappa shape index (κ3) is 3.07. The molecule has 2 amide bonds. The highest BCUT2D eigenvalue weighted by atomic mass is 19.4. The van der Waals surface area contributed by atoms with Crippen LogP contribution in [-0.2, 0) is 9.53 Å². The van der Waals surface area contributed by atoms with E-state index in [-0.39, 0.29) is 12.2 Å². The number of alkyl halides is 3. The number of halogens is 3. The van der Waals surface area contributed by atoms with Crippen LogP contribution in [0.3, 0.4) is 0 Å². The van der Waals surface area contributed by atoms with Gasteiger partial charge in [-0.1, -0.05) is 6.07 Å². The number of nitrogens with zero attached hydrogens (tertiary/aromatic N) is 1. The lowest BCUT2D eigenvalue weighted by Gasteiger charge is -2.44. The molecule has 7 nitrogen and oxygen atoms in total. The number of rotatable bonds is 3. The zero-order valence-electron chi connectivity index (χ0n) is 11.9. The molecule has 0 unspecified atom stereocenters. The van der Waals surface area contributed by atoms with Gasteiger partial charge >= 0.3 is 18.2 Å². The lowest BCUT2D eigenvalue weighted by molar-refractivity contribution is -0.294. The van der Waals surface area contributed by atoms with Crippen molar-refractivity contribution in [3.8, 4) is 0 Å². The number of ether oxygens (including phenoxy) is 1. The van der Waals surface area contributed by atoms with E-state index in [1.807, 2.05) is 0 Å². The number of carbonyl (C=O) groups excluding carboxylic acids is 2. The Kier molecular flexibility index (Phi) is 4.46. The molecule has 0 saturated carbocycles. The second-order valence-corrected chi connectivity index (χ2v) is 4.86. The predicted octanol–water partition coefficient (Wildman–Crippen LogP) is 0.866. The van der Waals surface area contributed by atoms with Crippen molar-refractivity contribution >= 4 is 12.0 Å². The molecule has 3 atom stereocenters. The monoisotopic (exact) mass is 333 g/mol.